The number of hydrogen-bond acceptors (Lipinski definition) is 9. The summed E-state index contributed by atoms with van der Waals surface area (Å²) >= 11 is 6.63. The molecular weight excluding hydrogens is 602 g/mol. The number of ketones is 2. The van der Waals surface area contributed by atoms with Crippen molar-refractivity contribution in [1.82, 2.24) is 18.9 Å². The summed E-state index contributed by atoms with van der Waals surface area (Å²) in [6.45, 7) is 1.75. The number of carbonyl (C=O) groups excluding carboxylic acids is 2. The lowest BCUT2D eigenvalue weighted by molar-refractivity contribution is -0.130. The second kappa shape index (κ2) is 9.96. The minimum Gasteiger partial charge on any atom is -0.496 e. The third kappa shape index (κ3) is 3.75. The zero-order valence-electron chi connectivity index (χ0n) is 25.0. The van der Waals surface area contributed by atoms with Crippen LogP contribution in [-0.2, 0) is 18.9 Å². The lowest BCUT2D eigenvalue weighted by Crippen LogP contribution is -2.58. The highest BCUT2D eigenvalue weighted by Crippen LogP contribution is 2.56. The number of nitrogens with zero attached hydrogens (tertiary/aromatic N) is 4. The van der Waals surface area contributed by atoms with Crippen molar-refractivity contribution in [1.29, 1.82) is 0 Å². The SMILES string of the molecule is COc1cc(OC)c2c(c1Cl)OC1(C(=O)C3=C(CC1C)Nc1c(c(=O)n(C)c(=O)n1C)C3c1ccc(-n3cccn3)cc1)C2=O. The predicted molar refractivity (Wildman–Crippen MR) is 164 cm³/mol. The Morgan fingerprint density at radius 2 is 1.73 bits per heavy atom. The molecule has 2 aliphatic heterocycles. The third-order valence-electron chi connectivity index (χ3n) is 9.07. The Morgan fingerprint density at radius 1 is 1.02 bits per heavy atom. The summed E-state index contributed by atoms with van der Waals surface area (Å²) in [6.07, 6.45) is 3.65. The van der Waals surface area contributed by atoms with E-state index in [4.69, 9.17) is 25.8 Å². The number of methoxy groups -OCH3 is 2. The predicted octanol–water partition coefficient (Wildman–Crippen LogP) is 3.37. The van der Waals surface area contributed by atoms with Gasteiger partial charge in [-0.25, -0.2) is 9.48 Å². The van der Waals surface area contributed by atoms with Crippen LogP contribution in [0.5, 0.6) is 17.2 Å². The van der Waals surface area contributed by atoms with E-state index in [1.54, 1.807) is 49.2 Å². The van der Waals surface area contributed by atoms with Gasteiger partial charge in [-0.2, -0.15) is 5.10 Å². The minimum atomic E-state index is -1.98. The summed E-state index contributed by atoms with van der Waals surface area (Å²) in [7, 11) is 5.78. The first kappa shape index (κ1) is 28.7. The van der Waals surface area contributed by atoms with E-state index in [0.717, 1.165) is 10.3 Å². The average Bonchev–Trinajstić information content (AvgIpc) is 3.69. The maximum absolute atomic E-state index is 15.0. The van der Waals surface area contributed by atoms with Crippen LogP contribution in [0.1, 0.15) is 40.7 Å². The summed E-state index contributed by atoms with van der Waals surface area (Å²) < 4.78 is 21.3. The van der Waals surface area contributed by atoms with Crippen molar-refractivity contribution >= 4 is 29.0 Å². The van der Waals surface area contributed by atoms with E-state index < -0.39 is 40.3 Å². The van der Waals surface area contributed by atoms with Gasteiger partial charge in [0.2, 0.25) is 17.2 Å². The Balaban J connectivity index is 1.45. The van der Waals surface area contributed by atoms with Crippen LogP contribution in [0.25, 0.3) is 5.69 Å². The van der Waals surface area contributed by atoms with Crippen molar-refractivity contribution < 1.29 is 23.8 Å². The van der Waals surface area contributed by atoms with Gasteiger partial charge in [-0.3, -0.25) is 23.5 Å². The molecular formula is C32H28ClN5O7. The number of Topliss-reactive ketones (excluding diaryl/α,β-unsaturated/α-hetero) is 2. The summed E-state index contributed by atoms with van der Waals surface area (Å²) in [6, 6.07) is 10.5. The van der Waals surface area contributed by atoms with Crippen molar-refractivity contribution in [3.8, 4) is 22.9 Å². The Hall–Kier alpha value is -5.10. The van der Waals surface area contributed by atoms with Crippen LogP contribution in [0.2, 0.25) is 5.02 Å². The van der Waals surface area contributed by atoms with E-state index in [2.05, 4.69) is 10.4 Å². The molecule has 7 rings (SSSR count). The number of hydrogen-bond donors (Lipinski definition) is 1. The van der Waals surface area contributed by atoms with Gasteiger partial charge in [0.15, 0.2) is 5.75 Å². The highest BCUT2D eigenvalue weighted by molar-refractivity contribution is 6.36. The smallest absolute Gasteiger partial charge is 0.332 e. The number of nitrogens with one attached hydrogen (secondary N) is 1. The van der Waals surface area contributed by atoms with Crippen molar-refractivity contribution in [2.45, 2.75) is 24.9 Å². The van der Waals surface area contributed by atoms with Crippen LogP contribution in [0.4, 0.5) is 5.82 Å². The molecule has 1 spiro atoms. The fourth-order valence-corrected chi connectivity index (χ4v) is 7.03. The molecule has 0 fully saturated rings. The third-order valence-corrected chi connectivity index (χ3v) is 9.43. The molecule has 0 saturated carbocycles. The molecule has 3 unspecified atom stereocenters. The Kier molecular flexibility index (Phi) is 6.34. The van der Waals surface area contributed by atoms with Gasteiger partial charge in [0.1, 0.15) is 27.9 Å². The molecule has 3 aliphatic rings. The Morgan fingerprint density at radius 3 is 2.38 bits per heavy atom. The lowest BCUT2D eigenvalue weighted by atomic mass is 9.66. The highest BCUT2D eigenvalue weighted by Gasteiger charge is 2.63. The maximum Gasteiger partial charge on any atom is 0.332 e. The fourth-order valence-electron chi connectivity index (χ4n) is 6.76. The van der Waals surface area contributed by atoms with Crippen molar-refractivity contribution in [3.63, 3.8) is 0 Å². The Bertz CT molecular complexity index is 2100. The molecule has 1 aliphatic carbocycles. The number of carbonyl (C=O) groups is 2. The van der Waals surface area contributed by atoms with Gasteiger partial charge in [-0.1, -0.05) is 30.7 Å². The molecule has 2 aromatic carbocycles. The molecule has 12 nitrogen and oxygen atoms in total. The summed E-state index contributed by atoms with van der Waals surface area (Å²) in [5.74, 6) is -2.12. The van der Waals surface area contributed by atoms with Crippen LogP contribution >= 0.6 is 11.6 Å². The van der Waals surface area contributed by atoms with Gasteiger partial charge >= 0.3 is 5.69 Å². The summed E-state index contributed by atoms with van der Waals surface area (Å²) in [5, 5.41) is 7.54. The van der Waals surface area contributed by atoms with Crippen molar-refractivity contribution in [2.24, 2.45) is 20.0 Å². The molecule has 0 bridgehead atoms. The molecule has 45 heavy (non-hydrogen) atoms. The van der Waals surface area contributed by atoms with E-state index in [9.17, 15) is 19.2 Å². The van der Waals surface area contributed by atoms with Crippen LogP contribution in [0.3, 0.4) is 0 Å². The molecule has 230 valence electrons. The van der Waals surface area contributed by atoms with Gasteiger partial charge in [-0.05, 0) is 30.2 Å². The van der Waals surface area contributed by atoms with Crippen LogP contribution in [0, 0.1) is 5.92 Å². The number of fused-ring (bicyclic) bond motifs is 2. The van der Waals surface area contributed by atoms with E-state index in [1.807, 2.05) is 12.1 Å². The van der Waals surface area contributed by atoms with E-state index in [0.29, 0.717) is 11.3 Å². The second-order valence-corrected chi connectivity index (χ2v) is 11.7. The van der Waals surface area contributed by atoms with Gasteiger partial charge in [0, 0.05) is 55.7 Å². The average molecular weight is 630 g/mol. The summed E-state index contributed by atoms with van der Waals surface area (Å²) in [5.41, 5.74) is -0.748. The van der Waals surface area contributed by atoms with Gasteiger partial charge in [0.05, 0.1) is 25.5 Å². The van der Waals surface area contributed by atoms with Gasteiger partial charge in [0.25, 0.3) is 5.56 Å². The van der Waals surface area contributed by atoms with Crippen LogP contribution in [0.15, 0.2) is 69.7 Å². The quantitative estimate of drug-likeness (QED) is 0.337. The fraction of sp³-hybridized carbons (Fsp3) is 0.281. The molecule has 4 aromatic rings. The molecule has 2 aromatic heterocycles. The second-order valence-electron chi connectivity index (χ2n) is 11.4. The maximum atomic E-state index is 15.0. The molecule has 0 amide bonds. The molecule has 0 saturated heterocycles. The topological polar surface area (TPSA) is 136 Å². The normalized spacial score (nSPS) is 21.6. The number of anilines is 1. The monoisotopic (exact) mass is 629 g/mol. The molecule has 1 N–H and O–H groups in total. The molecule has 4 heterocycles. The first-order valence-electron chi connectivity index (χ1n) is 14.2. The molecule has 3 atom stereocenters. The number of aromatic nitrogens is 4. The first-order chi connectivity index (χ1) is 21.5. The van der Waals surface area contributed by atoms with Gasteiger partial charge in [-0.15, -0.1) is 0 Å². The van der Waals surface area contributed by atoms with Crippen molar-refractivity contribution in [3.05, 3.63) is 103 Å². The van der Waals surface area contributed by atoms with Gasteiger partial charge < -0.3 is 19.5 Å². The largest absolute Gasteiger partial charge is 0.496 e. The van der Waals surface area contributed by atoms with E-state index >= 15 is 0 Å². The molecule has 13 heteroatoms. The van der Waals surface area contributed by atoms with E-state index in [-0.39, 0.29) is 51.2 Å². The molecule has 0 radical (unpaired) electrons. The zero-order valence-corrected chi connectivity index (χ0v) is 25.8. The first-order valence-corrected chi connectivity index (χ1v) is 14.6. The Labute approximate surface area is 261 Å². The number of rotatable bonds is 4. The van der Waals surface area contributed by atoms with E-state index in [1.165, 1.54) is 31.9 Å². The number of allylic oxidation sites excluding steroid dienone is 1. The van der Waals surface area contributed by atoms with Crippen LogP contribution < -0.4 is 30.8 Å². The number of benzene rings is 2. The lowest BCUT2D eigenvalue weighted by Gasteiger charge is -2.42. The van der Waals surface area contributed by atoms with Crippen molar-refractivity contribution in [2.75, 3.05) is 19.5 Å². The van der Waals surface area contributed by atoms with Crippen LogP contribution in [-0.4, -0.2) is 50.3 Å². The minimum absolute atomic E-state index is 0.00437. The standard InChI is InChI=1S/C32H28ClN5O7/c1-15-13-18-22(27(39)32(15)28(40)23-19(43-4)14-20(44-5)25(33)26(23)45-32)21(16-7-9-17(10-8-16)38-12-6-11-34-38)24-29(35-18)36(2)31(42)37(3)30(24)41/h6-12,14-15,21,35H,13H2,1-5H3. The summed E-state index contributed by atoms with van der Waals surface area (Å²) in [4.78, 5) is 56.2. The highest BCUT2D eigenvalue weighted by atomic mass is 35.5. The number of halogens is 1. The zero-order chi connectivity index (χ0) is 31.9. The number of ether oxygens (including phenoxy) is 3.